The van der Waals surface area contributed by atoms with E-state index in [4.69, 9.17) is 0 Å². The molecule has 16 heavy (non-hydrogen) atoms. The molecule has 0 saturated heterocycles. The van der Waals surface area contributed by atoms with Crippen molar-refractivity contribution in [1.82, 2.24) is 14.9 Å². The lowest BCUT2D eigenvalue weighted by Gasteiger charge is -2.04. The Hall–Kier alpha value is -1.52. The number of Topliss-reactive ketones (excluding diaryl/α,β-unsaturated/α-hetero) is 1. The lowest BCUT2D eigenvalue weighted by atomic mass is 10.0. The quantitative estimate of drug-likeness (QED) is 0.773. The van der Waals surface area contributed by atoms with E-state index in [0.29, 0.717) is 12.8 Å². The van der Waals surface area contributed by atoms with Crippen LogP contribution in [0.2, 0.25) is 0 Å². The van der Waals surface area contributed by atoms with E-state index in [0.717, 1.165) is 23.8 Å². The Labute approximate surface area is 94.6 Å². The van der Waals surface area contributed by atoms with Gasteiger partial charge in [0.2, 0.25) is 0 Å². The minimum absolute atomic E-state index is 0.0843. The predicted octanol–water partition coefficient (Wildman–Crippen LogP) is 1.53. The second kappa shape index (κ2) is 4.15. The van der Waals surface area contributed by atoms with Crippen LogP contribution in [0.25, 0.3) is 0 Å². The van der Waals surface area contributed by atoms with Crippen LogP contribution in [-0.4, -0.2) is 26.4 Å². The first kappa shape index (κ1) is 11.0. The van der Waals surface area contributed by atoms with Crippen LogP contribution in [0, 0.1) is 0 Å². The smallest absolute Gasteiger partial charge is 0.158 e. The Morgan fingerprint density at radius 1 is 1.56 bits per heavy atom. The zero-order valence-electron chi connectivity index (χ0n) is 9.90. The molecule has 1 unspecified atom stereocenters. The van der Waals surface area contributed by atoms with Crippen LogP contribution < -0.4 is 0 Å². The molecule has 0 spiro atoms. The van der Waals surface area contributed by atoms with Crippen LogP contribution in [0.1, 0.15) is 51.2 Å². The van der Waals surface area contributed by atoms with Crippen LogP contribution in [0.4, 0.5) is 0 Å². The maximum Gasteiger partial charge on any atom is 0.158 e. The predicted molar refractivity (Wildman–Crippen MR) is 60.6 cm³/mol. The Morgan fingerprint density at radius 2 is 2.31 bits per heavy atom. The first-order chi connectivity index (χ1) is 7.60. The number of hydrogen-bond donors (Lipinski definition) is 0. The highest BCUT2D eigenvalue weighted by molar-refractivity contribution is 5.84. The summed E-state index contributed by atoms with van der Waals surface area (Å²) >= 11 is 0. The Bertz CT molecular complexity index is 447. The molecule has 0 aromatic carbocycles. The Kier molecular flexibility index (Phi) is 2.85. The van der Waals surface area contributed by atoms with Crippen molar-refractivity contribution in [3.8, 4) is 0 Å². The van der Waals surface area contributed by atoms with Crippen molar-refractivity contribution in [2.24, 2.45) is 5.10 Å². The van der Waals surface area contributed by atoms with Crippen LogP contribution >= 0.6 is 0 Å². The van der Waals surface area contributed by atoms with Gasteiger partial charge < -0.3 is 0 Å². The fourth-order valence-corrected chi connectivity index (χ4v) is 1.76. The molecule has 1 aromatic heterocycles. The molecule has 1 aliphatic rings. The van der Waals surface area contributed by atoms with Crippen LogP contribution in [0.5, 0.6) is 0 Å². The van der Waals surface area contributed by atoms with Gasteiger partial charge in [-0.2, -0.15) is 5.10 Å². The monoisotopic (exact) mass is 220 g/mol. The van der Waals surface area contributed by atoms with Crippen LogP contribution in [0.15, 0.2) is 5.10 Å². The number of fused-ring (bicyclic) bond motifs is 1. The Balaban J connectivity index is 2.11. The number of nitrogens with zero attached hydrogens (tertiary/aromatic N) is 4. The van der Waals surface area contributed by atoms with Gasteiger partial charge in [-0.15, -0.1) is 9.89 Å². The van der Waals surface area contributed by atoms with Gasteiger partial charge >= 0.3 is 0 Å². The van der Waals surface area contributed by atoms with Crippen molar-refractivity contribution in [3.05, 3.63) is 11.6 Å². The van der Waals surface area contributed by atoms with E-state index in [9.17, 15) is 4.79 Å². The second-order valence-electron chi connectivity index (χ2n) is 4.29. The SMILES string of the molecule is CCC(=O)CC(C)c1nc2n(n1)N=C(C)C2. The number of carbonyl (C=O) groups excluding carboxylic acids is 1. The first-order valence-corrected chi connectivity index (χ1v) is 5.62. The highest BCUT2D eigenvalue weighted by Gasteiger charge is 2.20. The third-order valence-corrected chi connectivity index (χ3v) is 2.72. The Morgan fingerprint density at radius 3 is 2.94 bits per heavy atom. The normalized spacial score (nSPS) is 15.8. The van der Waals surface area contributed by atoms with Gasteiger partial charge in [-0.3, -0.25) is 4.79 Å². The standard InChI is InChI=1S/C11H16N4O/c1-4-9(16)5-7(2)11-12-10-6-8(3)13-15(10)14-11/h7H,4-6H2,1-3H3. The molecular weight excluding hydrogens is 204 g/mol. The van der Waals surface area contributed by atoms with E-state index >= 15 is 0 Å². The fraction of sp³-hybridized carbons (Fsp3) is 0.636. The summed E-state index contributed by atoms with van der Waals surface area (Å²) in [5.74, 6) is 1.94. The summed E-state index contributed by atoms with van der Waals surface area (Å²) in [4.78, 5) is 17.3. The third-order valence-electron chi connectivity index (χ3n) is 2.72. The number of rotatable bonds is 4. The topological polar surface area (TPSA) is 60.1 Å². The molecule has 1 aliphatic heterocycles. The first-order valence-electron chi connectivity index (χ1n) is 5.62. The summed E-state index contributed by atoms with van der Waals surface area (Å²) in [5, 5.41) is 8.52. The van der Waals surface area contributed by atoms with Gasteiger partial charge in [0.05, 0.1) is 0 Å². The molecule has 0 bridgehead atoms. The lowest BCUT2D eigenvalue weighted by Crippen LogP contribution is -2.05. The van der Waals surface area contributed by atoms with Crippen molar-refractivity contribution in [2.75, 3.05) is 0 Å². The van der Waals surface area contributed by atoms with Crippen molar-refractivity contribution in [3.63, 3.8) is 0 Å². The van der Waals surface area contributed by atoms with Crippen molar-refractivity contribution in [2.45, 2.75) is 46.0 Å². The summed E-state index contributed by atoms with van der Waals surface area (Å²) in [6, 6.07) is 0. The zero-order valence-corrected chi connectivity index (χ0v) is 9.90. The molecule has 0 amide bonds. The molecule has 0 fully saturated rings. The van der Waals surface area contributed by atoms with E-state index in [2.05, 4.69) is 15.2 Å². The van der Waals surface area contributed by atoms with Gasteiger partial charge in [-0.25, -0.2) is 4.98 Å². The molecule has 5 nitrogen and oxygen atoms in total. The fourth-order valence-electron chi connectivity index (χ4n) is 1.76. The van der Waals surface area contributed by atoms with Gasteiger partial charge in [0.1, 0.15) is 5.78 Å². The van der Waals surface area contributed by atoms with Gasteiger partial charge in [-0.05, 0) is 6.92 Å². The van der Waals surface area contributed by atoms with Crippen molar-refractivity contribution in [1.29, 1.82) is 0 Å². The zero-order chi connectivity index (χ0) is 11.7. The molecule has 1 aromatic rings. The van der Waals surface area contributed by atoms with E-state index in [1.54, 1.807) is 4.79 Å². The maximum atomic E-state index is 11.3. The molecule has 0 saturated carbocycles. The average Bonchev–Trinajstić information content (AvgIpc) is 2.74. The maximum absolute atomic E-state index is 11.3. The van der Waals surface area contributed by atoms with Crippen LogP contribution in [-0.2, 0) is 11.2 Å². The van der Waals surface area contributed by atoms with Gasteiger partial charge in [0, 0.05) is 30.9 Å². The number of ketones is 1. The minimum atomic E-state index is 0.0843. The van der Waals surface area contributed by atoms with Crippen molar-refractivity contribution < 1.29 is 4.79 Å². The van der Waals surface area contributed by atoms with E-state index in [-0.39, 0.29) is 11.7 Å². The average molecular weight is 220 g/mol. The largest absolute Gasteiger partial charge is 0.300 e. The van der Waals surface area contributed by atoms with E-state index < -0.39 is 0 Å². The summed E-state index contributed by atoms with van der Waals surface area (Å²) in [6.07, 6.45) is 1.86. The highest BCUT2D eigenvalue weighted by Crippen LogP contribution is 2.18. The third kappa shape index (κ3) is 2.03. The summed E-state index contributed by atoms with van der Waals surface area (Å²) < 4.78 is 0. The molecule has 0 radical (unpaired) electrons. The lowest BCUT2D eigenvalue weighted by molar-refractivity contribution is -0.119. The summed E-state index contributed by atoms with van der Waals surface area (Å²) in [5.41, 5.74) is 1.03. The number of carbonyl (C=O) groups is 1. The molecule has 2 rings (SSSR count). The van der Waals surface area contributed by atoms with Crippen molar-refractivity contribution >= 4 is 11.5 Å². The minimum Gasteiger partial charge on any atom is -0.300 e. The van der Waals surface area contributed by atoms with E-state index in [1.165, 1.54) is 0 Å². The highest BCUT2D eigenvalue weighted by atomic mass is 16.1. The molecule has 2 heterocycles. The molecule has 0 N–H and O–H groups in total. The van der Waals surface area contributed by atoms with Gasteiger partial charge in [-0.1, -0.05) is 13.8 Å². The molecule has 0 aliphatic carbocycles. The van der Waals surface area contributed by atoms with Gasteiger partial charge in [0.25, 0.3) is 0 Å². The summed E-state index contributed by atoms with van der Waals surface area (Å²) in [6.45, 7) is 5.82. The number of aromatic nitrogens is 3. The second-order valence-corrected chi connectivity index (χ2v) is 4.29. The molecule has 1 atom stereocenters. The van der Waals surface area contributed by atoms with Gasteiger partial charge in [0.15, 0.2) is 11.6 Å². The molecule has 5 heteroatoms. The number of hydrogen-bond acceptors (Lipinski definition) is 4. The van der Waals surface area contributed by atoms with Crippen LogP contribution in [0.3, 0.4) is 0 Å². The molecular formula is C11H16N4O. The summed E-state index contributed by atoms with van der Waals surface area (Å²) in [7, 11) is 0. The van der Waals surface area contributed by atoms with E-state index in [1.807, 2.05) is 20.8 Å². The molecule has 86 valence electrons.